The van der Waals surface area contributed by atoms with Crippen molar-refractivity contribution in [3.63, 3.8) is 0 Å². The van der Waals surface area contributed by atoms with Crippen molar-refractivity contribution in [1.29, 1.82) is 0 Å². The van der Waals surface area contributed by atoms with E-state index in [1.165, 1.54) is 12.4 Å². The molecule has 0 atom stereocenters. The third-order valence-corrected chi connectivity index (χ3v) is 2.04. The summed E-state index contributed by atoms with van der Waals surface area (Å²) in [6, 6.07) is 3.08. The molecule has 94 valence electrons. The third-order valence-electron chi connectivity index (χ3n) is 2.04. The topological polar surface area (TPSA) is 90.1 Å². The van der Waals surface area contributed by atoms with E-state index in [2.05, 4.69) is 20.4 Å². The number of nitrogens with zero attached hydrogens (tertiary/aromatic N) is 3. The van der Waals surface area contributed by atoms with Crippen LogP contribution in [0.25, 0.3) is 0 Å². The van der Waals surface area contributed by atoms with E-state index < -0.39 is 5.91 Å². The number of carbonyl (C=O) groups is 1. The van der Waals surface area contributed by atoms with Crippen LogP contribution in [0.3, 0.4) is 0 Å². The van der Waals surface area contributed by atoms with Gasteiger partial charge in [0.05, 0.1) is 6.61 Å². The maximum Gasteiger partial charge on any atom is 0.275 e. The highest BCUT2D eigenvalue weighted by Crippen LogP contribution is 2.11. The number of carbonyl (C=O) groups excluding carboxylic acids is 1. The molecule has 0 radical (unpaired) electrons. The number of amides is 1. The lowest BCUT2D eigenvalue weighted by molar-refractivity contribution is 0.102. The molecular weight excluding hydrogens is 236 g/mol. The van der Waals surface area contributed by atoms with E-state index in [1.807, 2.05) is 6.92 Å². The second kappa shape index (κ2) is 5.26. The number of anilines is 1. The standard InChI is InChI=1S/C11H12N4O3/c1-3-17-10-5-8(12-6-13-10)11(16)14-9-4-7(2)18-15-9/h4-6H,3H2,1-2H3,(H,14,15,16). The number of aromatic nitrogens is 3. The summed E-state index contributed by atoms with van der Waals surface area (Å²) in [7, 11) is 0. The van der Waals surface area contributed by atoms with Gasteiger partial charge < -0.3 is 14.6 Å². The van der Waals surface area contributed by atoms with Gasteiger partial charge in [-0.25, -0.2) is 9.97 Å². The van der Waals surface area contributed by atoms with Gasteiger partial charge in [0.15, 0.2) is 5.82 Å². The predicted octanol–water partition coefficient (Wildman–Crippen LogP) is 1.42. The summed E-state index contributed by atoms with van der Waals surface area (Å²) < 4.78 is 10.0. The number of ether oxygens (including phenoxy) is 1. The van der Waals surface area contributed by atoms with E-state index in [1.54, 1.807) is 13.0 Å². The molecule has 1 amide bonds. The maximum absolute atomic E-state index is 11.8. The monoisotopic (exact) mass is 248 g/mol. The summed E-state index contributed by atoms with van der Waals surface area (Å²) in [5.41, 5.74) is 0.203. The normalized spacial score (nSPS) is 10.1. The first-order valence-electron chi connectivity index (χ1n) is 5.38. The van der Waals surface area contributed by atoms with Crippen molar-refractivity contribution in [2.24, 2.45) is 0 Å². The molecule has 0 spiro atoms. The third kappa shape index (κ3) is 2.82. The second-order valence-corrected chi connectivity index (χ2v) is 3.45. The second-order valence-electron chi connectivity index (χ2n) is 3.45. The minimum Gasteiger partial charge on any atom is -0.478 e. The molecule has 7 heteroatoms. The summed E-state index contributed by atoms with van der Waals surface area (Å²) in [6.45, 7) is 4.04. The summed E-state index contributed by atoms with van der Waals surface area (Å²) in [4.78, 5) is 19.6. The van der Waals surface area contributed by atoms with Gasteiger partial charge in [-0.05, 0) is 13.8 Å². The first-order valence-corrected chi connectivity index (χ1v) is 5.38. The molecule has 0 saturated heterocycles. The molecule has 0 bridgehead atoms. The molecule has 2 heterocycles. The van der Waals surface area contributed by atoms with Crippen LogP contribution in [0, 0.1) is 6.92 Å². The van der Waals surface area contributed by atoms with Crippen LogP contribution in [0.15, 0.2) is 23.0 Å². The lowest BCUT2D eigenvalue weighted by atomic mass is 10.3. The highest BCUT2D eigenvalue weighted by atomic mass is 16.5. The summed E-state index contributed by atoms with van der Waals surface area (Å²) >= 11 is 0. The maximum atomic E-state index is 11.8. The fourth-order valence-electron chi connectivity index (χ4n) is 1.30. The van der Waals surface area contributed by atoms with Gasteiger partial charge in [-0.15, -0.1) is 0 Å². The van der Waals surface area contributed by atoms with Crippen LogP contribution >= 0.6 is 0 Å². The lowest BCUT2D eigenvalue weighted by Gasteiger charge is -2.03. The average molecular weight is 248 g/mol. The predicted molar refractivity (Wildman–Crippen MR) is 62.4 cm³/mol. The van der Waals surface area contributed by atoms with E-state index in [0.29, 0.717) is 24.1 Å². The quantitative estimate of drug-likeness (QED) is 0.880. The Bertz CT molecular complexity index is 553. The highest BCUT2D eigenvalue weighted by molar-refractivity contribution is 6.02. The Labute approximate surface area is 103 Å². The van der Waals surface area contributed by atoms with Crippen molar-refractivity contribution in [1.82, 2.24) is 15.1 Å². The fourth-order valence-corrected chi connectivity index (χ4v) is 1.30. The van der Waals surface area contributed by atoms with Crippen LogP contribution in [-0.4, -0.2) is 27.6 Å². The van der Waals surface area contributed by atoms with E-state index in [9.17, 15) is 4.79 Å². The van der Waals surface area contributed by atoms with Crippen LogP contribution in [0.4, 0.5) is 5.82 Å². The zero-order valence-corrected chi connectivity index (χ0v) is 10.0. The minimum absolute atomic E-state index is 0.203. The van der Waals surface area contributed by atoms with Gasteiger partial charge in [-0.2, -0.15) is 0 Å². The number of hydrogen-bond acceptors (Lipinski definition) is 6. The molecular formula is C11H12N4O3. The van der Waals surface area contributed by atoms with Crippen molar-refractivity contribution in [3.8, 4) is 5.88 Å². The number of rotatable bonds is 4. The summed E-state index contributed by atoms with van der Waals surface area (Å²) in [6.07, 6.45) is 1.27. The van der Waals surface area contributed by atoms with Crippen LogP contribution in [0.1, 0.15) is 23.2 Å². The van der Waals surface area contributed by atoms with E-state index in [4.69, 9.17) is 9.26 Å². The van der Waals surface area contributed by atoms with Crippen LogP contribution in [0.5, 0.6) is 5.88 Å². The summed E-state index contributed by atoms with van der Waals surface area (Å²) in [5.74, 6) is 0.915. The van der Waals surface area contributed by atoms with Crippen LogP contribution in [0.2, 0.25) is 0 Å². The van der Waals surface area contributed by atoms with Crippen molar-refractivity contribution >= 4 is 11.7 Å². The molecule has 0 fully saturated rings. The van der Waals surface area contributed by atoms with Crippen molar-refractivity contribution in [3.05, 3.63) is 29.9 Å². The molecule has 7 nitrogen and oxygen atoms in total. The van der Waals surface area contributed by atoms with Gasteiger partial charge in [0.1, 0.15) is 17.8 Å². The van der Waals surface area contributed by atoms with Gasteiger partial charge in [0.2, 0.25) is 5.88 Å². The highest BCUT2D eigenvalue weighted by Gasteiger charge is 2.11. The van der Waals surface area contributed by atoms with Gasteiger partial charge in [-0.3, -0.25) is 4.79 Å². The van der Waals surface area contributed by atoms with E-state index in [-0.39, 0.29) is 5.69 Å². The molecule has 0 aromatic carbocycles. The first kappa shape index (κ1) is 12.0. The van der Waals surface area contributed by atoms with Gasteiger partial charge in [-0.1, -0.05) is 5.16 Å². The SMILES string of the molecule is CCOc1cc(C(=O)Nc2cc(C)on2)ncn1. The molecule has 2 aromatic heterocycles. The lowest BCUT2D eigenvalue weighted by Crippen LogP contribution is -2.14. The Morgan fingerprint density at radius 3 is 2.94 bits per heavy atom. The number of nitrogens with one attached hydrogen (secondary N) is 1. The number of hydrogen-bond donors (Lipinski definition) is 1. The largest absolute Gasteiger partial charge is 0.478 e. The molecule has 2 rings (SSSR count). The Kier molecular flexibility index (Phi) is 3.52. The van der Waals surface area contributed by atoms with Crippen molar-refractivity contribution in [2.75, 3.05) is 11.9 Å². The van der Waals surface area contributed by atoms with Crippen molar-refractivity contribution < 1.29 is 14.1 Å². The summed E-state index contributed by atoms with van der Waals surface area (Å²) in [5, 5.41) is 6.22. The molecule has 0 aliphatic carbocycles. The molecule has 0 aliphatic heterocycles. The van der Waals surface area contributed by atoms with E-state index >= 15 is 0 Å². The van der Waals surface area contributed by atoms with E-state index in [0.717, 1.165) is 0 Å². The molecule has 0 saturated carbocycles. The molecule has 0 unspecified atom stereocenters. The zero-order valence-electron chi connectivity index (χ0n) is 10.0. The minimum atomic E-state index is -0.397. The molecule has 0 aliphatic rings. The van der Waals surface area contributed by atoms with Crippen molar-refractivity contribution in [2.45, 2.75) is 13.8 Å². The van der Waals surface area contributed by atoms with Gasteiger partial charge in [0, 0.05) is 12.1 Å². The fraction of sp³-hybridized carbons (Fsp3) is 0.273. The molecule has 18 heavy (non-hydrogen) atoms. The molecule has 2 aromatic rings. The number of aryl methyl sites for hydroxylation is 1. The van der Waals surface area contributed by atoms with Gasteiger partial charge in [0.25, 0.3) is 5.91 Å². The Morgan fingerprint density at radius 2 is 2.28 bits per heavy atom. The smallest absolute Gasteiger partial charge is 0.275 e. The van der Waals surface area contributed by atoms with Crippen LogP contribution in [-0.2, 0) is 0 Å². The average Bonchev–Trinajstić information content (AvgIpc) is 2.75. The first-order chi connectivity index (χ1) is 8.69. The Morgan fingerprint density at radius 1 is 1.44 bits per heavy atom. The van der Waals surface area contributed by atoms with Crippen LogP contribution < -0.4 is 10.1 Å². The zero-order chi connectivity index (χ0) is 13.0. The Hall–Kier alpha value is -2.44. The molecule has 1 N–H and O–H groups in total. The van der Waals surface area contributed by atoms with Gasteiger partial charge >= 0.3 is 0 Å². The Balaban J connectivity index is 2.11.